The number of benzene rings is 2. The van der Waals surface area contributed by atoms with Crippen LogP contribution in [0.25, 0.3) is 0 Å². The summed E-state index contributed by atoms with van der Waals surface area (Å²) < 4.78 is 7.71. The molecule has 8 nitrogen and oxygen atoms in total. The summed E-state index contributed by atoms with van der Waals surface area (Å²) in [5.74, 6) is 3.11. The zero-order valence-electron chi connectivity index (χ0n) is 19.2. The van der Waals surface area contributed by atoms with E-state index in [0.29, 0.717) is 25.7 Å². The van der Waals surface area contributed by atoms with Gasteiger partial charge < -0.3 is 25.0 Å². The Labute approximate surface area is 211 Å². The molecule has 2 unspecified atom stereocenters. The van der Waals surface area contributed by atoms with Gasteiger partial charge in [-0.1, -0.05) is 48.0 Å². The van der Waals surface area contributed by atoms with Crippen molar-refractivity contribution in [3.8, 4) is 5.75 Å². The number of halogens is 1. The lowest BCUT2D eigenvalue weighted by Gasteiger charge is -2.28. The number of aromatic nitrogens is 3. The molecule has 2 aromatic carbocycles. The number of hydrogen-bond donors (Lipinski definition) is 3. The summed E-state index contributed by atoms with van der Waals surface area (Å²) in [5, 5.41) is 25.8. The topological polar surface area (TPSA) is 96.6 Å². The number of aryl methyl sites for hydroxylation is 2. The molecule has 0 radical (unpaired) electrons. The van der Waals surface area contributed by atoms with E-state index in [9.17, 15) is 5.11 Å². The molecule has 0 amide bonds. The van der Waals surface area contributed by atoms with Gasteiger partial charge in [-0.25, -0.2) is 4.99 Å². The molecule has 9 heteroatoms. The number of ether oxygens (including phenoxy) is 1. The van der Waals surface area contributed by atoms with Gasteiger partial charge >= 0.3 is 0 Å². The van der Waals surface area contributed by atoms with Crippen LogP contribution in [0.2, 0.25) is 0 Å². The second-order valence-corrected chi connectivity index (χ2v) is 8.07. The third-order valence-electron chi connectivity index (χ3n) is 5.72. The summed E-state index contributed by atoms with van der Waals surface area (Å²) in [6, 6.07) is 16.0. The molecule has 2 atom stereocenters. The van der Waals surface area contributed by atoms with Crippen molar-refractivity contribution in [3.05, 3.63) is 76.9 Å². The van der Waals surface area contributed by atoms with Crippen molar-refractivity contribution in [2.45, 2.75) is 39.0 Å². The van der Waals surface area contributed by atoms with E-state index in [1.54, 1.807) is 0 Å². The lowest BCUT2D eigenvalue weighted by atomic mass is 10.0. The molecule has 1 aliphatic heterocycles. The molecule has 0 saturated heterocycles. The van der Waals surface area contributed by atoms with E-state index >= 15 is 0 Å². The first-order valence-corrected chi connectivity index (χ1v) is 10.9. The highest BCUT2D eigenvalue weighted by Crippen LogP contribution is 2.31. The quantitative estimate of drug-likeness (QED) is 0.242. The lowest BCUT2D eigenvalue weighted by molar-refractivity contribution is 0.180. The Kier molecular flexibility index (Phi) is 8.67. The number of nitrogens with zero attached hydrogens (tertiary/aromatic N) is 4. The van der Waals surface area contributed by atoms with Gasteiger partial charge in [0.25, 0.3) is 0 Å². The average Bonchev–Trinajstić information content (AvgIpc) is 3.13. The number of rotatable bonds is 6. The normalized spacial score (nSPS) is 16.2. The molecule has 0 saturated carbocycles. The van der Waals surface area contributed by atoms with Crippen LogP contribution in [-0.4, -0.2) is 39.0 Å². The largest absolute Gasteiger partial charge is 0.493 e. The van der Waals surface area contributed by atoms with E-state index in [1.807, 2.05) is 67.9 Å². The first-order valence-electron chi connectivity index (χ1n) is 10.9. The van der Waals surface area contributed by atoms with Crippen molar-refractivity contribution < 1.29 is 9.84 Å². The maximum absolute atomic E-state index is 10.7. The van der Waals surface area contributed by atoms with E-state index in [2.05, 4.69) is 26.9 Å². The molecule has 176 valence electrons. The Morgan fingerprint density at radius 3 is 2.79 bits per heavy atom. The Balaban J connectivity index is 0.00000306. The van der Waals surface area contributed by atoms with E-state index < -0.39 is 6.10 Å². The fraction of sp³-hybridized carbons (Fsp3) is 0.375. The average molecular weight is 562 g/mol. The first-order chi connectivity index (χ1) is 15.5. The number of para-hydroxylation sites is 1. The summed E-state index contributed by atoms with van der Waals surface area (Å²) >= 11 is 0. The van der Waals surface area contributed by atoms with E-state index in [0.717, 1.165) is 40.5 Å². The maximum atomic E-state index is 10.7. The molecule has 0 fully saturated rings. The van der Waals surface area contributed by atoms with Crippen LogP contribution in [0, 0.1) is 13.8 Å². The van der Waals surface area contributed by atoms with Crippen LogP contribution >= 0.6 is 24.0 Å². The lowest BCUT2D eigenvalue weighted by Crippen LogP contribution is -2.42. The van der Waals surface area contributed by atoms with Crippen LogP contribution in [0.4, 0.5) is 0 Å². The van der Waals surface area contributed by atoms with Crippen LogP contribution in [0.5, 0.6) is 5.75 Å². The van der Waals surface area contributed by atoms with Gasteiger partial charge in [0.15, 0.2) is 11.8 Å². The van der Waals surface area contributed by atoms with Crippen molar-refractivity contribution in [1.82, 2.24) is 25.4 Å². The van der Waals surface area contributed by atoms with Crippen LogP contribution in [0.15, 0.2) is 53.5 Å². The molecule has 0 spiro atoms. The smallest absolute Gasteiger partial charge is 0.192 e. The standard InChI is InChI=1S/C24H30N6O2.HI/c1-16-7-6-8-18(13-16)21(31)14-25-24(26-15-23-29-28-17(2)30(23)3)27-20-11-12-32-22-10-5-4-9-19(20)22;/h4-10,13,20-21,31H,11-12,14-15H2,1-3H3,(H2,25,26,27);1H. The monoisotopic (exact) mass is 562 g/mol. The highest BCUT2D eigenvalue weighted by Gasteiger charge is 2.22. The summed E-state index contributed by atoms with van der Waals surface area (Å²) in [7, 11) is 1.93. The molecule has 0 bridgehead atoms. The minimum absolute atomic E-state index is 0. The molecular formula is C24H31IN6O2. The molecule has 3 aromatic rings. The van der Waals surface area contributed by atoms with E-state index in [1.165, 1.54) is 0 Å². The van der Waals surface area contributed by atoms with Crippen molar-refractivity contribution in [1.29, 1.82) is 0 Å². The van der Waals surface area contributed by atoms with Gasteiger partial charge in [0.1, 0.15) is 18.1 Å². The number of aliphatic hydroxyl groups is 1. The molecule has 2 heterocycles. The molecule has 33 heavy (non-hydrogen) atoms. The minimum atomic E-state index is -0.652. The van der Waals surface area contributed by atoms with Gasteiger partial charge in [-0.2, -0.15) is 0 Å². The zero-order chi connectivity index (χ0) is 22.5. The van der Waals surface area contributed by atoms with E-state index in [4.69, 9.17) is 9.73 Å². The third-order valence-corrected chi connectivity index (χ3v) is 5.72. The summed E-state index contributed by atoms with van der Waals surface area (Å²) in [6.45, 7) is 5.27. The summed E-state index contributed by atoms with van der Waals surface area (Å²) in [5.41, 5.74) is 3.09. The van der Waals surface area contributed by atoms with Crippen molar-refractivity contribution in [2.24, 2.45) is 12.0 Å². The molecule has 0 aliphatic carbocycles. The Morgan fingerprint density at radius 2 is 2.03 bits per heavy atom. The van der Waals surface area contributed by atoms with Crippen molar-refractivity contribution >= 4 is 29.9 Å². The highest BCUT2D eigenvalue weighted by atomic mass is 127. The Bertz CT molecular complexity index is 1100. The van der Waals surface area contributed by atoms with Gasteiger partial charge in [-0.3, -0.25) is 0 Å². The number of aliphatic hydroxyl groups excluding tert-OH is 1. The number of aliphatic imine (C=N–C) groups is 1. The zero-order valence-corrected chi connectivity index (χ0v) is 21.5. The van der Waals surface area contributed by atoms with Crippen molar-refractivity contribution in [3.63, 3.8) is 0 Å². The number of guanidine groups is 1. The number of hydrogen-bond acceptors (Lipinski definition) is 5. The van der Waals surface area contributed by atoms with Gasteiger partial charge in [0.05, 0.1) is 18.8 Å². The predicted octanol–water partition coefficient (Wildman–Crippen LogP) is 3.34. The Morgan fingerprint density at radius 1 is 1.21 bits per heavy atom. The van der Waals surface area contributed by atoms with Gasteiger partial charge in [0, 0.05) is 25.6 Å². The molecular weight excluding hydrogens is 531 g/mol. The molecule has 1 aliphatic rings. The fourth-order valence-corrected chi connectivity index (χ4v) is 3.74. The minimum Gasteiger partial charge on any atom is -0.493 e. The number of nitrogens with one attached hydrogen (secondary N) is 2. The number of fused-ring (bicyclic) bond motifs is 1. The molecule has 3 N–H and O–H groups in total. The van der Waals surface area contributed by atoms with Gasteiger partial charge in [-0.15, -0.1) is 34.2 Å². The molecule has 4 rings (SSSR count). The SMILES string of the molecule is Cc1cccc(C(O)CNC(=NCc2nnc(C)n2C)NC2CCOc3ccccc32)c1.I. The fourth-order valence-electron chi connectivity index (χ4n) is 3.74. The van der Waals surface area contributed by atoms with Gasteiger partial charge in [-0.05, 0) is 25.5 Å². The Hall–Kier alpha value is -2.66. The third kappa shape index (κ3) is 6.23. The van der Waals surface area contributed by atoms with Crippen LogP contribution < -0.4 is 15.4 Å². The first kappa shape index (κ1) is 25.0. The highest BCUT2D eigenvalue weighted by molar-refractivity contribution is 14.0. The predicted molar refractivity (Wildman–Crippen MR) is 139 cm³/mol. The summed E-state index contributed by atoms with van der Waals surface area (Å²) in [6.07, 6.45) is 0.169. The van der Waals surface area contributed by atoms with E-state index in [-0.39, 0.29) is 30.0 Å². The van der Waals surface area contributed by atoms with Crippen LogP contribution in [0.3, 0.4) is 0 Å². The molecule has 1 aromatic heterocycles. The van der Waals surface area contributed by atoms with Gasteiger partial charge in [0.2, 0.25) is 0 Å². The maximum Gasteiger partial charge on any atom is 0.192 e. The second-order valence-electron chi connectivity index (χ2n) is 8.07. The van der Waals surface area contributed by atoms with Crippen molar-refractivity contribution in [2.75, 3.05) is 13.2 Å². The second kappa shape index (κ2) is 11.5. The summed E-state index contributed by atoms with van der Waals surface area (Å²) in [4.78, 5) is 4.74. The van der Waals surface area contributed by atoms with Crippen LogP contribution in [-0.2, 0) is 13.6 Å². The van der Waals surface area contributed by atoms with Crippen LogP contribution in [0.1, 0.15) is 46.9 Å².